The smallest absolute Gasteiger partial charge is 0.320 e. The molecular formula is C15H23NO3S. The Kier molecular flexibility index (Phi) is 7.47. The summed E-state index contributed by atoms with van der Waals surface area (Å²) in [6, 6.07) is 7.24. The topological polar surface area (TPSA) is 58.6 Å². The molecule has 0 radical (unpaired) electrons. The lowest BCUT2D eigenvalue weighted by Crippen LogP contribution is -2.36. The van der Waals surface area contributed by atoms with Crippen LogP contribution in [0.15, 0.2) is 24.3 Å². The van der Waals surface area contributed by atoms with Crippen molar-refractivity contribution in [1.29, 1.82) is 0 Å². The molecule has 112 valence electrons. The Hall–Kier alpha value is -1.20. The van der Waals surface area contributed by atoms with E-state index in [1.165, 1.54) is 0 Å². The van der Waals surface area contributed by atoms with Crippen molar-refractivity contribution in [2.24, 2.45) is 0 Å². The molecule has 0 saturated heterocycles. The first-order chi connectivity index (χ1) is 9.52. The fourth-order valence-electron chi connectivity index (χ4n) is 1.79. The lowest BCUT2D eigenvalue weighted by atomic mass is 10.1. The van der Waals surface area contributed by atoms with E-state index in [0.29, 0.717) is 13.0 Å². The lowest BCUT2D eigenvalue weighted by molar-refractivity contribution is -0.139. The summed E-state index contributed by atoms with van der Waals surface area (Å²) >= 11 is 1.65. The monoisotopic (exact) mass is 297 g/mol. The number of thioether (sulfide) groups is 1. The number of carboxylic acids is 1. The third-order valence-electron chi connectivity index (χ3n) is 2.73. The third-order valence-corrected chi connectivity index (χ3v) is 3.38. The summed E-state index contributed by atoms with van der Waals surface area (Å²) < 4.78 is 5.63. The summed E-state index contributed by atoms with van der Waals surface area (Å²) in [4.78, 5) is 11.1. The van der Waals surface area contributed by atoms with Crippen LogP contribution in [0.1, 0.15) is 25.8 Å². The number of hydrogen-bond acceptors (Lipinski definition) is 4. The molecule has 0 aliphatic rings. The van der Waals surface area contributed by atoms with E-state index in [-0.39, 0.29) is 6.10 Å². The number of hydrogen-bond donors (Lipinski definition) is 2. The quantitative estimate of drug-likeness (QED) is 0.734. The fraction of sp³-hybridized carbons (Fsp3) is 0.533. The molecule has 20 heavy (non-hydrogen) atoms. The Bertz CT molecular complexity index is 423. The first-order valence-electron chi connectivity index (χ1n) is 6.73. The summed E-state index contributed by atoms with van der Waals surface area (Å²) in [5, 5.41) is 12.2. The molecule has 1 unspecified atom stereocenters. The maximum atomic E-state index is 11.1. The van der Waals surface area contributed by atoms with E-state index in [9.17, 15) is 4.79 Å². The van der Waals surface area contributed by atoms with Crippen LogP contribution >= 0.6 is 11.8 Å². The van der Waals surface area contributed by atoms with E-state index >= 15 is 0 Å². The van der Waals surface area contributed by atoms with E-state index in [4.69, 9.17) is 9.84 Å². The molecule has 1 rings (SSSR count). The molecule has 0 saturated carbocycles. The summed E-state index contributed by atoms with van der Waals surface area (Å²) in [5.74, 6) is 0.851. The van der Waals surface area contributed by atoms with Crippen LogP contribution in [0.2, 0.25) is 0 Å². The van der Waals surface area contributed by atoms with Crippen molar-refractivity contribution >= 4 is 17.7 Å². The number of carbonyl (C=O) groups is 1. The Balaban J connectivity index is 2.56. The lowest BCUT2D eigenvalue weighted by Gasteiger charge is -2.15. The average molecular weight is 297 g/mol. The van der Waals surface area contributed by atoms with Crippen molar-refractivity contribution in [1.82, 2.24) is 5.32 Å². The minimum atomic E-state index is -0.798. The van der Waals surface area contributed by atoms with Crippen LogP contribution in [0.25, 0.3) is 0 Å². The zero-order chi connectivity index (χ0) is 15.0. The molecule has 1 aromatic carbocycles. The first kappa shape index (κ1) is 16.9. The third kappa shape index (κ3) is 6.30. The Morgan fingerprint density at radius 1 is 1.45 bits per heavy atom. The SMILES string of the molecule is CSCCC(NCc1cccc(OC(C)C)c1)C(=O)O. The number of aliphatic carboxylic acids is 1. The van der Waals surface area contributed by atoms with Gasteiger partial charge in [-0.05, 0) is 50.0 Å². The summed E-state index contributed by atoms with van der Waals surface area (Å²) in [5.41, 5.74) is 1.03. The average Bonchev–Trinajstić information content (AvgIpc) is 2.38. The van der Waals surface area contributed by atoms with Crippen LogP contribution in [-0.4, -0.2) is 35.2 Å². The minimum absolute atomic E-state index is 0.131. The summed E-state index contributed by atoms with van der Waals surface area (Å²) in [7, 11) is 0. The molecule has 0 bridgehead atoms. The first-order valence-corrected chi connectivity index (χ1v) is 8.13. The predicted octanol–water partition coefficient (Wildman–Crippen LogP) is 2.77. The molecule has 5 heteroatoms. The van der Waals surface area contributed by atoms with Crippen molar-refractivity contribution < 1.29 is 14.6 Å². The van der Waals surface area contributed by atoms with Crippen LogP contribution in [-0.2, 0) is 11.3 Å². The van der Waals surface area contributed by atoms with Crippen molar-refractivity contribution in [3.05, 3.63) is 29.8 Å². The van der Waals surface area contributed by atoms with E-state index in [2.05, 4.69) is 5.32 Å². The van der Waals surface area contributed by atoms with Crippen molar-refractivity contribution in [2.75, 3.05) is 12.0 Å². The number of benzene rings is 1. The van der Waals surface area contributed by atoms with E-state index in [1.807, 2.05) is 44.4 Å². The molecule has 1 atom stereocenters. The van der Waals surface area contributed by atoms with Gasteiger partial charge in [-0.3, -0.25) is 4.79 Å². The van der Waals surface area contributed by atoms with Gasteiger partial charge in [-0.1, -0.05) is 12.1 Å². The van der Waals surface area contributed by atoms with Crippen LogP contribution in [0.3, 0.4) is 0 Å². The van der Waals surface area contributed by atoms with Crippen LogP contribution < -0.4 is 10.1 Å². The van der Waals surface area contributed by atoms with Gasteiger partial charge in [0.25, 0.3) is 0 Å². The predicted molar refractivity (Wildman–Crippen MR) is 83.5 cm³/mol. The largest absolute Gasteiger partial charge is 0.491 e. The maximum absolute atomic E-state index is 11.1. The summed E-state index contributed by atoms with van der Waals surface area (Å²) in [6.45, 7) is 4.49. The van der Waals surface area contributed by atoms with Crippen molar-refractivity contribution in [2.45, 2.75) is 39.0 Å². The maximum Gasteiger partial charge on any atom is 0.320 e. The van der Waals surface area contributed by atoms with Crippen LogP contribution in [0, 0.1) is 0 Å². The fourth-order valence-corrected chi connectivity index (χ4v) is 2.26. The Morgan fingerprint density at radius 2 is 2.20 bits per heavy atom. The minimum Gasteiger partial charge on any atom is -0.491 e. The van der Waals surface area contributed by atoms with E-state index < -0.39 is 12.0 Å². The second-order valence-electron chi connectivity index (χ2n) is 4.87. The van der Waals surface area contributed by atoms with E-state index in [0.717, 1.165) is 17.1 Å². The van der Waals surface area contributed by atoms with Gasteiger partial charge in [0.15, 0.2) is 0 Å². The molecule has 4 nitrogen and oxygen atoms in total. The highest BCUT2D eigenvalue weighted by Gasteiger charge is 2.15. The van der Waals surface area contributed by atoms with Crippen LogP contribution in [0.4, 0.5) is 0 Å². The Labute approximate surface area is 124 Å². The molecule has 0 aromatic heterocycles. The van der Waals surface area contributed by atoms with Gasteiger partial charge in [-0.15, -0.1) is 0 Å². The van der Waals surface area contributed by atoms with Gasteiger partial charge in [0.2, 0.25) is 0 Å². The molecule has 0 fully saturated rings. The van der Waals surface area contributed by atoms with Gasteiger partial charge in [0.1, 0.15) is 11.8 Å². The highest BCUT2D eigenvalue weighted by atomic mass is 32.2. The van der Waals surface area contributed by atoms with Gasteiger partial charge in [0.05, 0.1) is 6.10 Å². The van der Waals surface area contributed by atoms with Gasteiger partial charge in [-0.25, -0.2) is 0 Å². The molecule has 0 aliphatic heterocycles. The van der Waals surface area contributed by atoms with Crippen molar-refractivity contribution in [3.63, 3.8) is 0 Å². The zero-order valence-electron chi connectivity index (χ0n) is 12.3. The van der Waals surface area contributed by atoms with E-state index in [1.54, 1.807) is 11.8 Å². The molecule has 2 N–H and O–H groups in total. The summed E-state index contributed by atoms with van der Waals surface area (Å²) in [6.07, 6.45) is 2.73. The normalized spacial score (nSPS) is 12.4. The number of nitrogens with one attached hydrogen (secondary N) is 1. The molecule has 1 aromatic rings. The number of carboxylic acid groups (broad SMARTS) is 1. The molecule has 0 aliphatic carbocycles. The number of rotatable bonds is 9. The molecule has 0 amide bonds. The molecule has 0 spiro atoms. The number of ether oxygens (including phenoxy) is 1. The van der Waals surface area contributed by atoms with Gasteiger partial charge < -0.3 is 15.2 Å². The second kappa shape index (κ2) is 8.87. The highest BCUT2D eigenvalue weighted by Crippen LogP contribution is 2.15. The van der Waals surface area contributed by atoms with Crippen molar-refractivity contribution in [3.8, 4) is 5.75 Å². The van der Waals surface area contributed by atoms with Gasteiger partial charge in [-0.2, -0.15) is 11.8 Å². The van der Waals surface area contributed by atoms with Gasteiger partial charge >= 0.3 is 5.97 Å². The van der Waals surface area contributed by atoms with Gasteiger partial charge in [0, 0.05) is 6.54 Å². The molecule has 0 heterocycles. The Morgan fingerprint density at radius 3 is 2.80 bits per heavy atom. The zero-order valence-corrected chi connectivity index (χ0v) is 13.1. The standard InChI is InChI=1S/C15H23NO3S/c1-11(2)19-13-6-4-5-12(9-13)10-16-14(15(17)18)7-8-20-3/h4-6,9,11,14,16H,7-8,10H2,1-3H3,(H,17,18). The van der Waals surface area contributed by atoms with Crippen LogP contribution in [0.5, 0.6) is 5.75 Å². The highest BCUT2D eigenvalue weighted by molar-refractivity contribution is 7.98. The second-order valence-corrected chi connectivity index (χ2v) is 5.85. The molecular weight excluding hydrogens is 274 g/mol.